The Kier molecular flexibility index (Phi) is 5.04. The molecule has 4 N–H and O–H groups in total. The first kappa shape index (κ1) is 16.0. The van der Waals surface area contributed by atoms with E-state index in [2.05, 4.69) is 14.5 Å². The average molecular weight is 314 g/mol. The van der Waals surface area contributed by atoms with Crippen molar-refractivity contribution in [2.45, 2.75) is 4.90 Å². The molecule has 2 rings (SSSR count). The molecule has 0 aromatic heterocycles. The van der Waals surface area contributed by atoms with Gasteiger partial charge in [-0.15, -0.1) is 0 Å². The monoisotopic (exact) mass is 314 g/mol. The first-order chi connectivity index (χ1) is 9.97. The Morgan fingerprint density at radius 3 is 2.48 bits per heavy atom. The summed E-state index contributed by atoms with van der Waals surface area (Å²) in [6.45, 7) is 4.27. The number of nitrogens with zero attached hydrogens (tertiary/aromatic N) is 2. The molecule has 0 bridgehead atoms. The van der Waals surface area contributed by atoms with Crippen molar-refractivity contribution in [1.82, 2.24) is 9.62 Å². The summed E-state index contributed by atoms with van der Waals surface area (Å²) >= 11 is 0. The van der Waals surface area contributed by atoms with E-state index in [-0.39, 0.29) is 17.2 Å². The predicted octanol–water partition coefficient (Wildman–Crippen LogP) is -0.709. The van der Waals surface area contributed by atoms with Gasteiger partial charge < -0.3 is 15.7 Å². The molecule has 7 nitrogen and oxygen atoms in total. The van der Waals surface area contributed by atoms with Gasteiger partial charge in [-0.3, -0.25) is 4.90 Å². The maximum absolute atomic E-state index is 11.8. The van der Waals surface area contributed by atoms with Gasteiger partial charge in [0, 0.05) is 38.4 Å². The molecular formula is C13H22N4O3S. The Morgan fingerprint density at radius 2 is 1.95 bits per heavy atom. The number of aliphatic hydroxyl groups is 1. The normalized spacial score (nSPS) is 17.1. The molecule has 1 aliphatic heterocycles. The van der Waals surface area contributed by atoms with E-state index in [4.69, 9.17) is 10.8 Å². The summed E-state index contributed by atoms with van der Waals surface area (Å²) in [4.78, 5) is 4.47. The summed E-state index contributed by atoms with van der Waals surface area (Å²) in [5, 5.41) is 8.93. The number of benzene rings is 1. The van der Waals surface area contributed by atoms with Gasteiger partial charge in [-0.25, -0.2) is 13.1 Å². The number of nitrogen functional groups attached to an aromatic ring is 1. The van der Waals surface area contributed by atoms with Crippen LogP contribution in [0.3, 0.4) is 0 Å². The Morgan fingerprint density at radius 1 is 1.29 bits per heavy atom. The summed E-state index contributed by atoms with van der Waals surface area (Å²) in [6, 6.07) is 5.02. The van der Waals surface area contributed by atoms with E-state index in [1.165, 1.54) is 13.1 Å². The fraction of sp³-hybridized carbons (Fsp3) is 0.538. The molecule has 1 heterocycles. The van der Waals surface area contributed by atoms with E-state index in [1.807, 2.05) is 0 Å². The second kappa shape index (κ2) is 6.61. The summed E-state index contributed by atoms with van der Waals surface area (Å²) in [7, 11) is -2.16. The van der Waals surface area contributed by atoms with Gasteiger partial charge in [0.2, 0.25) is 10.0 Å². The highest BCUT2D eigenvalue weighted by Gasteiger charge is 2.20. The van der Waals surface area contributed by atoms with Gasteiger partial charge in [0.1, 0.15) is 4.90 Å². The topological polar surface area (TPSA) is 98.9 Å². The van der Waals surface area contributed by atoms with Crippen molar-refractivity contribution < 1.29 is 13.5 Å². The van der Waals surface area contributed by atoms with Crippen LogP contribution in [0.2, 0.25) is 0 Å². The largest absolute Gasteiger partial charge is 0.398 e. The smallest absolute Gasteiger partial charge is 0.242 e. The molecule has 0 unspecified atom stereocenters. The number of sulfonamides is 1. The Bertz CT molecular complexity index is 583. The molecule has 1 saturated heterocycles. The number of hydrogen-bond donors (Lipinski definition) is 3. The molecule has 118 valence electrons. The van der Waals surface area contributed by atoms with E-state index in [0.29, 0.717) is 6.54 Å². The third-order valence-corrected chi connectivity index (χ3v) is 5.19. The van der Waals surface area contributed by atoms with Gasteiger partial charge in [0.05, 0.1) is 12.3 Å². The second-order valence-electron chi connectivity index (χ2n) is 4.98. The molecule has 1 aliphatic rings. The minimum Gasteiger partial charge on any atom is -0.398 e. The minimum atomic E-state index is -3.52. The summed E-state index contributed by atoms with van der Waals surface area (Å²) in [5.41, 5.74) is 7.05. The average Bonchev–Trinajstić information content (AvgIpc) is 2.48. The lowest BCUT2D eigenvalue weighted by atomic mass is 10.2. The van der Waals surface area contributed by atoms with Crippen molar-refractivity contribution in [1.29, 1.82) is 0 Å². The van der Waals surface area contributed by atoms with Crippen LogP contribution in [0.15, 0.2) is 23.1 Å². The molecule has 0 amide bonds. The molecule has 1 aromatic rings. The Hall–Kier alpha value is -1.35. The van der Waals surface area contributed by atoms with Crippen LogP contribution >= 0.6 is 0 Å². The molecule has 0 saturated carbocycles. The quantitative estimate of drug-likeness (QED) is 0.621. The van der Waals surface area contributed by atoms with Gasteiger partial charge in [0.25, 0.3) is 0 Å². The molecule has 21 heavy (non-hydrogen) atoms. The number of rotatable bonds is 5. The SMILES string of the molecule is CNS(=O)(=O)c1ccc(N2CCN(CCO)CC2)cc1N. The third-order valence-electron chi connectivity index (χ3n) is 3.71. The van der Waals surface area contributed by atoms with Crippen molar-refractivity contribution in [3.05, 3.63) is 18.2 Å². The van der Waals surface area contributed by atoms with Gasteiger partial charge in [-0.2, -0.15) is 0 Å². The zero-order valence-corrected chi connectivity index (χ0v) is 12.9. The molecule has 0 aliphatic carbocycles. The Labute approximate surface area is 125 Å². The second-order valence-corrected chi connectivity index (χ2v) is 6.84. The first-order valence-corrected chi connectivity index (χ1v) is 8.37. The van der Waals surface area contributed by atoms with E-state index in [9.17, 15) is 8.42 Å². The summed E-state index contributed by atoms with van der Waals surface area (Å²) in [6.07, 6.45) is 0. The highest BCUT2D eigenvalue weighted by Crippen LogP contribution is 2.25. The van der Waals surface area contributed by atoms with Crippen LogP contribution in [-0.2, 0) is 10.0 Å². The first-order valence-electron chi connectivity index (χ1n) is 6.89. The predicted molar refractivity (Wildman–Crippen MR) is 82.8 cm³/mol. The van der Waals surface area contributed by atoms with Crippen LogP contribution in [0.25, 0.3) is 0 Å². The Balaban J connectivity index is 2.11. The highest BCUT2D eigenvalue weighted by molar-refractivity contribution is 7.89. The molecule has 1 aromatic carbocycles. The van der Waals surface area contributed by atoms with Crippen molar-refractivity contribution in [2.75, 3.05) is 57.0 Å². The van der Waals surface area contributed by atoms with Crippen LogP contribution in [0.4, 0.5) is 11.4 Å². The van der Waals surface area contributed by atoms with Crippen LogP contribution in [-0.4, -0.2) is 64.8 Å². The van der Waals surface area contributed by atoms with Crippen molar-refractivity contribution >= 4 is 21.4 Å². The maximum Gasteiger partial charge on any atom is 0.242 e. The van der Waals surface area contributed by atoms with E-state index in [0.717, 1.165) is 31.9 Å². The number of aliphatic hydroxyl groups excluding tert-OH is 1. The van der Waals surface area contributed by atoms with Gasteiger partial charge in [-0.05, 0) is 25.2 Å². The lowest BCUT2D eigenvalue weighted by molar-refractivity contribution is 0.189. The highest BCUT2D eigenvalue weighted by atomic mass is 32.2. The zero-order chi connectivity index (χ0) is 15.5. The van der Waals surface area contributed by atoms with Gasteiger partial charge in [-0.1, -0.05) is 0 Å². The van der Waals surface area contributed by atoms with Crippen LogP contribution in [0.5, 0.6) is 0 Å². The number of β-amino-alcohol motifs (C(OH)–C–C–N with tert-alkyl or cyclic N) is 1. The summed E-state index contributed by atoms with van der Waals surface area (Å²) in [5.74, 6) is 0. The van der Waals surface area contributed by atoms with Gasteiger partial charge in [0.15, 0.2) is 0 Å². The fourth-order valence-electron chi connectivity index (χ4n) is 2.46. The van der Waals surface area contributed by atoms with Crippen molar-refractivity contribution in [2.24, 2.45) is 0 Å². The number of hydrogen-bond acceptors (Lipinski definition) is 6. The molecule has 8 heteroatoms. The fourth-order valence-corrected chi connectivity index (χ4v) is 3.29. The van der Waals surface area contributed by atoms with Crippen LogP contribution in [0.1, 0.15) is 0 Å². The molecule has 0 spiro atoms. The zero-order valence-electron chi connectivity index (χ0n) is 12.1. The lowest BCUT2D eigenvalue weighted by Gasteiger charge is -2.36. The number of nitrogens with two attached hydrogens (primary N) is 1. The van der Waals surface area contributed by atoms with E-state index >= 15 is 0 Å². The van der Waals surface area contributed by atoms with E-state index in [1.54, 1.807) is 12.1 Å². The van der Waals surface area contributed by atoms with Crippen LogP contribution < -0.4 is 15.4 Å². The number of piperazine rings is 1. The lowest BCUT2D eigenvalue weighted by Crippen LogP contribution is -2.47. The number of anilines is 2. The minimum absolute atomic E-state index is 0.104. The van der Waals surface area contributed by atoms with Crippen LogP contribution in [0, 0.1) is 0 Å². The standard InChI is InChI=1S/C13H22N4O3S/c1-15-21(19,20)13-3-2-11(10-12(13)14)17-6-4-16(5-7-17)8-9-18/h2-3,10,15,18H,4-9,14H2,1H3. The summed E-state index contributed by atoms with van der Waals surface area (Å²) < 4.78 is 25.8. The third kappa shape index (κ3) is 3.65. The van der Waals surface area contributed by atoms with Gasteiger partial charge >= 0.3 is 0 Å². The maximum atomic E-state index is 11.8. The number of nitrogens with one attached hydrogen (secondary N) is 1. The van der Waals surface area contributed by atoms with Crippen molar-refractivity contribution in [3.8, 4) is 0 Å². The molecular weight excluding hydrogens is 292 g/mol. The molecule has 0 radical (unpaired) electrons. The van der Waals surface area contributed by atoms with Crippen molar-refractivity contribution in [3.63, 3.8) is 0 Å². The molecule has 0 atom stereocenters. The molecule has 1 fully saturated rings. The van der Waals surface area contributed by atoms with E-state index < -0.39 is 10.0 Å².